The van der Waals surface area contributed by atoms with Gasteiger partial charge >= 0.3 is 0 Å². The highest BCUT2D eigenvalue weighted by Gasteiger charge is 2.41. The van der Waals surface area contributed by atoms with Crippen LogP contribution in [0.15, 0.2) is 27.6 Å². The van der Waals surface area contributed by atoms with Gasteiger partial charge in [0, 0.05) is 10.5 Å². The second-order valence-corrected chi connectivity index (χ2v) is 8.45. The summed E-state index contributed by atoms with van der Waals surface area (Å²) in [7, 11) is -3.44. The molecule has 0 spiro atoms. The van der Waals surface area contributed by atoms with Crippen molar-refractivity contribution in [2.45, 2.75) is 36.6 Å². The highest BCUT2D eigenvalue weighted by molar-refractivity contribution is 9.10. The molecular weight excluding hydrogens is 350 g/mol. The van der Waals surface area contributed by atoms with Crippen LogP contribution in [0.5, 0.6) is 0 Å². The second-order valence-electron chi connectivity index (χ2n) is 5.48. The molecule has 0 aliphatic heterocycles. The average molecular weight is 365 g/mol. The van der Waals surface area contributed by atoms with Crippen LogP contribution in [0.3, 0.4) is 0 Å². The maximum absolute atomic E-state index is 12.4. The average Bonchev–Trinajstić information content (AvgIpc) is 2.94. The standard InChI is InChI=1S/C13H15BrClNO2S/c14-11-7-10(3-4-12(11)15)19(17,18)16-13-6-8-1-2-9(13)5-8/h3-4,7-9,13,16H,1-2,5-6H2. The topological polar surface area (TPSA) is 46.2 Å². The number of halogens is 2. The van der Waals surface area contributed by atoms with E-state index in [4.69, 9.17) is 11.6 Å². The van der Waals surface area contributed by atoms with Gasteiger partial charge in [0.25, 0.3) is 0 Å². The predicted molar refractivity (Wildman–Crippen MR) is 78.7 cm³/mol. The molecule has 104 valence electrons. The molecule has 3 atom stereocenters. The van der Waals surface area contributed by atoms with Crippen LogP contribution in [0.4, 0.5) is 0 Å². The van der Waals surface area contributed by atoms with E-state index in [-0.39, 0.29) is 10.9 Å². The lowest BCUT2D eigenvalue weighted by atomic mass is 9.96. The van der Waals surface area contributed by atoms with Crippen molar-refractivity contribution in [3.63, 3.8) is 0 Å². The summed E-state index contributed by atoms with van der Waals surface area (Å²) in [6.07, 6.45) is 4.58. The molecule has 1 aromatic carbocycles. The summed E-state index contributed by atoms with van der Waals surface area (Å²) in [6.45, 7) is 0. The molecule has 0 saturated heterocycles. The van der Waals surface area contributed by atoms with E-state index in [1.54, 1.807) is 18.2 Å². The monoisotopic (exact) mass is 363 g/mol. The maximum Gasteiger partial charge on any atom is 0.240 e. The van der Waals surface area contributed by atoms with E-state index >= 15 is 0 Å². The minimum Gasteiger partial charge on any atom is -0.208 e. The van der Waals surface area contributed by atoms with Crippen molar-refractivity contribution in [1.29, 1.82) is 0 Å². The fourth-order valence-electron chi connectivity index (χ4n) is 3.30. The van der Waals surface area contributed by atoms with Gasteiger partial charge in [0.05, 0.1) is 9.92 Å². The van der Waals surface area contributed by atoms with Gasteiger partial charge in [-0.1, -0.05) is 18.0 Å². The smallest absolute Gasteiger partial charge is 0.208 e. The van der Waals surface area contributed by atoms with E-state index in [0.29, 0.717) is 15.4 Å². The highest BCUT2D eigenvalue weighted by Crippen LogP contribution is 2.44. The quantitative estimate of drug-likeness (QED) is 0.891. The van der Waals surface area contributed by atoms with E-state index in [9.17, 15) is 8.42 Å². The molecule has 2 fully saturated rings. The molecule has 19 heavy (non-hydrogen) atoms. The van der Waals surface area contributed by atoms with Gasteiger partial charge < -0.3 is 0 Å². The summed E-state index contributed by atoms with van der Waals surface area (Å²) in [5.41, 5.74) is 0. The largest absolute Gasteiger partial charge is 0.240 e. The summed E-state index contributed by atoms with van der Waals surface area (Å²) < 4.78 is 28.2. The van der Waals surface area contributed by atoms with Crippen molar-refractivity contribution >= 4 is 37.6 Å². The van der Waals surface area contributed by atoms with Gasteiger partial charge in [-0.05, 0) is 65.2 Å². The molecule has 2 aliphatic carbocycles. The Balaban J connectivity index is 1.80. The number of sulfonamides is 1. The zero-order valence-electron chi connectivity index (χ0n) is 10.3. The predicted octanol–water partition coefficient (Wildman–Crippen LogP) is 3.57. The molecule has 2 bridgehead atoms. The number of benzene rings is 1. The maximum atomic E-state index is 12.4. The lowest BCUT2D eigenvalue weighted by molar-refractivity contribution is 0.390. The van der Waals surface area contributed by atoms with E-state index in [1.807, 2.05) is 0 Å². The van der Waals surface area contributed by atoms with Crippen molar-refractivity contribution in [2.75, 3.05) is 0 Å². The van der Waals surface area contributed by atoms with Crippen LogP contribution in [-0.2, 0) is 10.0 Å². The first-order chi connectivity index (χ1) is 8.95. The Kier molecular flexibility index (Phi) is 3.67. The van der Waals surface area contributed by atoms with Gasteiger partial charge in [-0.2, -0.15) is 0 Å². The van der Waals surface area contributed by atoms with Crippen LogP contribution < -0.4 is 4.72 Å². The van der Waals surface area contributed by atoms with Gasteiger partial charge in [0.1, 0.15) is 0 Å². The Labute approximate surface area is 126 Å². The number of hydrogen-bond donors (Lipinski definition) is 1. The molecule has 2 aliphatic rings. The molecule has 0 amide bonds. The van der Waals surface area contributed by atoms with Crippen molar-refractivity contribution in [3.8, 4) is 0 Å². The lowest BCUT2D eigenvalue weighted by Crippen LogP contribution is -2.38. The van der Waals surface area contributed by atoms with Gasteiger partial charge in [-0.25, -0.2) is 13.1 Å². The Morgan fingerprint density at radius 2 is 2.05 bits per heavy atom. The van der Waals surface area contributed by atoms with E-state index in [0.717, 1.165) is 18.8 Å². The van der Waals surface area contributed by atoms with Crippen LogP contribution in [0.2, 0.25) is 5.02 Å². The SMILES string of the molecule is O=S(=O)(NC1CC2CCC1C2)c1ccc(Cl)c(Br)c1. The summed E-state index contributed by atoms with van der Waals surface area (Å²) in [5, 5.41) is 0.513. The molecule has 3 unspecified atom stereocenters. The third-order valence-corrected chi connectivity index (χ3v) is 6.95. The first kappa shape index (κ1) is 13.9. The zero-order valence-corrected chi connectivity index (χ0v) is 13.4. The molecule has 0 heterocycles. The number of rotatable bonds is 3. The minimum atomic E-state index is -3.44. The highest BCUT2D eigenvalue weighted by atomic mass is 79.9. The Morgan fingerprint density at radius 1 is 1.26 bits per heavy atom. The zero-order chi connectivity index (χ0) is 13.6. The van der Waals surface area contributed by atoms with Gasteiger partial charge in [0.2, 0.25) is 10.0 Å². The first-order valence-corrected chi connectivity index (χ1v) is 9.08. The fourth-order valence-corrected chi connectivity index (χ4v) is 5.29. The van der Waals surface area contributed by atoms with E-state index < -0.39 is 10.0 Å². The van der Waals surface area contributed by atoms with Crippen LogP contribution >= 0.6 is 27.5 Å². The van der Waals surface area contributed by atoms with Crippen LogP contribution in [0.25, 0.3) is 0 Å². The molecular formula is C13H15BrClNO2S. The van der Waals surface area contributed by atoms with Crippen molar-refractivity contribution in [1.82, 2.24) is 4.72 Å². The van der Waals surface area contributed by atoms with Crippen LogP contribution in [0.1, 0.15) is 25.7 Å². The minimum absolute atomic E-state index is 0.109. The third kappa shape index (κ3) is 2.71. The Morgan fingerprint density at radius 3 is 2.63 bits per heavy atom. The van der Waals surface area contributed by atoms with Crippen LogP contribution in [0, 0.1) is 11.8 Å². The lowest BCUT2D eigenvalue weighted by Gasteiger charge is -2.22. The summed E-state index contributed by atoms with van der Waals surface area (Å²) in [6, 6.07) is 4.81. The Hall–Kier alpha value is -0.100. The summed E-state index contributed by atoms with van der Waals surface area (Å²) in [5.74, 6) is 1.24. The van der Waals surface area contributed by atoms with Crippen molar-refractivity contribution in [2.24, 2.45) is 11.8 Å². The van der Waals surface area contributed by atoms with Gasteiger partial charge in [-0.15, -0.1) is 0 Å². The Bertz CT molecular complexity index is 605. The molecule has 2 saturated carbocycles. The van der Waals surface area contributed by atoms with Crippen molar-refractivity contribution in [3.05, 3.63) is 27.7 Å². The van der Waals surface area contributed by atoms with Crippen LogP contribution in [-0.4, -0.2) is 14.5 Å². The molecule has 6 heteroatoms. The summed E-state index contributed by atoms with van der Waals surface area (Å²) in [4.78, 5) is 0.270. The number of nitrogens with one attached hydrogen (secondary N) is 1. The molecule has 3 nitrogen and oxygen atoms in total. The van der Waals surface area contributed by atoms with E-state index in [1.165, 1.54) is 12.8 Å². The van der Waals surface area contributed by atoms with Gasteiger partial charge in [0.15, 0.2) is 0 Å². The summed E-state index contributed by atoms with van der Waals surface area (Å²) >= 11 is 9.15. The van der Waals surface area contributed by atoms with E-state index in [2.05, 4.69) is 20.7 Å². The molecule has 1 N–H and O–H groups in total. The third-order valence-electron chi connectivity index (χ3n) is 4.25. The molecule has 0 radical (unpaired) electrons. The van der Waals surface area contributed by atoms with Crippen molar-refractivity contribution < 1.29 is 8.42 Å². The fraction of sp³-hybridized carbons (Fsp3) is 0.538. The molecule has 1 aromatic rings. The molecule has 0 aromatic heterocycles. The number of hydrogen-bond acceptors (Lipinski definition) is 2. The number of fused-ring (bicyclic) bond motifs is 2. The second kappa shape index (κ2) is 5.02. The first-order valence-electron chi connectivity index (χ1n) is 6.43. The molecule has 3 rings (SSSR count). The normalized spacial score (nSPS) is 29.9. The van der Waals surface area contributed by atoms with Gasteiger partial charge in [-0.3, -0.25) is 0 Å².